The van der Waals surface area contributed by atoms with E-state index in [4.69, 9.17) is 0 Å². The molecule has 0 heterocycles. The second-order valence-corrected chi connectivity index (χ2v) is 9.43. The molecule has 0 saturated carbocycles. The zero-order valence-corrected chi connectivity index (χ0v) is 16.1. The highest BCUT2D eigenvalue weighted by Crippen LogP contribution is 2.20. The summed E-state index contributed by atoms with van der Waals surface area (Å²) in [6.07, 6.45) is 1.10. The number of nitrogens with one attached hydrogen (secondary N) is 1. The molecule has 0 aliphatic heterocycles. The second kappa shape index (κ2) is 7.56. The summed E-state index contributed by atoms with van der Waals surface area (Å²) in [6.45, 7) is 1.64. The average molecular weight is 397 g/mol. The fourth-order valence-electron chi connectivity index (χ4n) is 2.28. The Morgan fingerprint density at radius 1 is 1.00 bits per heavy atom. The quantitative estimate of drug-likeness (QED) is 0.747. The molecule has 2 aromatic rings. The van der Waals surface area contributed by atoms with Crippen LogP contribution in [0.25, 0.3) is 0 Å². The van der Waals surface area contributed by atoms with Crippen molar-refractivity contribution >= 4 is 25.8 Å². The maximum absolute atomic E-state index is 12.5. The van der Waals surface area contributed by atoms with Crippen molar-refractivity contribution in [3.05, 3.63) is 59.7 Å². The molecule has 0 fully saturated rings. The van der Waals surface area contributed by atoms with Crippen LogP contribution in [0, 0.1) is 0 Å². The predicted octanol–water partition coefficient (Wildman–Crippen LogP) is 1.92. The first-order valence-corrected chi connectivity index (χ1v) is 10.9. The third-order valence-corrected chi connectivity index (χ3v) is 6.37. The Morgan fingerprint density at radius 2 is 1.62 bits per heavy atom. The first-order valence-electron chi connectivity index (χ1n) is 7.55. The standard InChI is InChI=1S/C17H19NO6S2/c1-12(13-7-9-15(10-8-13)25(3,20)21)18-26(22,23)16-6-4-5-14(11-16)17(19)24-2/h4-12,18H,1-3H3. The molecule has 2 rings (SSSR count). The molecule has 0 saturated heterocycles. The molecule has 1 N–H and O–H groups in total. The summed E-state index contributed by atoms with van der Waals surface area (Å²) in [7, 11) is -6.00. The summed E-state index contributed by atoms with van der Waals surface area (Å²) in [6, 6.07) is 10.9. The topological polar surface area (TPSA) is 107 Å². The maximum Gasteiger partial charge on any atom is 0.337 e. The van der Waals surface area contributed by atoms with Gasteiger partial charge in [0, 0.05) is 12.3 Å². The van der Waals surface area contributed by atoms with Crippen molar-refractivity contribution in [2.24, 2.45) is 0 Å². The van der Waals surface area contributed by atoms with E-state index in [1.807, 2.05) is 0 Å². The van der Waals surface area contributed by atoms with Crippen molar-refractivity contribution in [2.75, 3.05) is 13.4 Å². The van der Waals surface area contributed by atoms with Gasteiger partial charge in [0.1, 0.15) is 0 Å². The van der Waals surface area contributed by atoms with Gasteiger partial charge in [-0.05, 0) is 42.8 Å². The van der Waals surface area contributed by atoms with Gasteiger partial charge in [-0.1, -0.05) is 18.2 Å². The van der Waals surface area contributed by atoms with Crippen LogP contribution >= 0.6 is 0 Å². The van der Waals surface area contributed by atoms with Gasteiger partial charge in [-0.2, -0.15) is 0 Å². The van der Waals surface area contributed by atoms with Crippen LogP contribution < -0.4 is 4.72 Å². The number of ether oxygens (including phenoxy) is 1. The molecule has 0 aromatic heterocycles. The fourth-order valence-corrected chi connectivity index (χ4v) is 4.19. The number of esters is 1. The van der Waals surface area contributed by atoms with Crippen molar-refractivity contribution < 1.29 is 26.4 Å². The molecular formula is C17H19NO6S2. The van der Waals surface area contributed by atoms with Crippen molar-refractivity contribution in [1.29, 1.82) is 0 Å². The Hall–Kier alpha value is -2.23. The highest BCUT2D eigenvalue weighted by molar-refractivity contribution is 7.90. The van der Waals surface area contributed by atoms with E-state index in [0.29, 0.717) is 5.56 Å². The Bertz CT molecular complexity index is 1010. The normalized spacial score (nSPS) is 13.2. The van der Waals surface area contributed by atoms with E-state index in [1.54, 1.807) is 19.1 Å². The zero-order valence-electron chi connectivity index (χ0n) is 14.5. The van der Waals surface area contributed by atoms with E-state index in [2.05, 4.69) is 9.46 Å². The number of sulfonamides is 1. The van der Waals surface area contributed by atoms with Crippen LogP contribution in [0.3, 0.4) is 0 Å². The van der Waals surface area contributed by atoms with Crippen molar-refractivity contribution in [1.82, 2.24) is 4.72 Å². The molecule has 7 nitrogen and oxygen atoms in total. The Balaban J connectivity index is 2.25. The smallest absolute Gasteiger partial charge is 0.337 e. The highest BCUT2D eigenvalue weighted by atomic mass is 32.2. The molecule has 0 aliphatic carbocycles. The van der Waals surface area contributed by atoms with Crippen molar-refractivity contribution in [3.8, 4) is 0 Å². The molecule has 9 heteroatoms. The molecule has 0 amide bonds. The molecule has 2 aromatic carbocycles. The molecule has 0 radical (unpaired) electrons. The van der Waals surface area contributed by atoms with Gasteiger partial charge in [-0.25, -0.2) is 26.4 Å². The largest absolute Gasteiger partial charge is 0.465 e. The summed E-state index contributed by atoms with van der Waals surface area (Å²) >= 11 is 0. The SMILES string of the molecule is COC(=O)c1cccc(S(=O)(=O)NC(C)c2ccc(S(C)(=O)=O)cc2)c1. The minimum Gasteiger partial charge on any atom is -0.465 e. The lowest BCUT2D eigenvalue weighted by Gasteiger charge is -2.15. The second-order valence-electron chi connectivity index (χ2n) is 5.70. The molecule has 1 unspecified atom stereocenters. The summed E-state index contributed by atoms with van der Waals surface area (Å²) < 4.78 is 55.2. The van der Waals surface area contributed by atoms with E-state index in [0.717, 1.165) is 6.26 Å². The first kappa shape index (κ1) is 20.1. The van der Waals surface area contributed by atoms with Crippen LogP contribution in [0.1, 0.15) is 28.9 Å². The van der Waals surface area contributed by atoms with Crippen LogP contribution in [0.2, 0.25) is 0 Å². The number of benzene rings is 2. The van der Waals surface area contributed by atoms with Crippen LogP contribution in [0.15, 0.2) is 58.3 Å². The van der Waals surface area contributed by atoms with Gasteiger partial charge in [-0.3, -0.25) is 0 Å². The van der Waals surface area contributed by atoms with Gasteiger partial charge in [0.25, 0.3) is 0 Å². The average Bonchev–Trinajstić information content (AvgIpc) is 2.60. The summed E-state index contributed by atoms with van der Waals surface area (Å²) in [4.78, 5) is 11.6. The molecule has 0 aliphatic rings. The minimum atomic E-state index is -3.89. The van der Waals surface area contributed by atoms with E-state index >= 15 is 0 Å². The molecule has 1 atom stereocenters. The summed E-state index contributed by atoms with van der Waals surface area (Å²) in [5, 5.41) is 0. The Kier molecular flexibility index (Phi) is 5.84. The number of carbonyl (C=O) groups excluding carboxylic acids is 1. The number of methoxy groups -OCH3 is 1. The van der Waals surface area contributed by atoms with Gasteiger partial charge in [0.05, 0.1) is 22.5 Å². The highest BCUT2D eigenvalue weighted by Gasteiger charge is 2.20. The van der Waals surface area contributed by atoms with E-state index in [1.165, 1.54) is 43.5 Å². The van der Waals surface area contributed by atoms with Crippen molar-refractivity contribution in [3.63, 3.8) is 0 Å². The van der Waals surface area contributed by atoms with Crippen LogP contribution in [0.5, 0.6) is 0 Å². The monoisotopic (exact) mass is 397 g/mol. The number of hydrogen-bond acceptors (Lipinski definition) is 6. The summed E-state index contributed by atoms with van der Waals surface area (Å²) in [5.41, 5.74) is 0.727. The lowest BCUT2D eigenvalue weighted by molar-refractivity contribution is 0.0600. The molecular weight excluding hydrogens is 378 g/mol. The lowest BCUT2D eigenvalue weighted by atomic mass is 10.1. The third-order valence-electron chi connectivity index (χ3n) is 3.71. The van der Waals surface area contributed by atoms with E-state index in [9.17, 15) is 21.6 Å². The first-order chi connectivity index (χ1) is 12.0. The lowest BCUT2D eigenvalue weighted by Crippen LogP contribution is -2.27. The van der Waals surface area contributed by atoms with Crippen LogP contribution in [-0.2, 0) is 24.6 Å². The van der Waals surface area contributed by atoms with Gasteiger partial charge < -0.3 is 4.74 Å². The third kappa shape index (κ3) is 4.69. The van der Waals surface area contributed by atoms with Gasteiger partial charge >= 0.3 is 5.97 Å². The van der Waals surface area contributed by atoms with Gasteiger partial charge in [0.15, 0.2) is 9.84 Å². The predicted molar refractivity (Wildman–Crippen MR) is 96.1 cm³/mol. The van der Waals surface area contributed by atoms with Crippen LogP contribution in [0.4, 0.5) is 0 Å². The Morgan fingerprint density at radius 3 is 2.15 bits per heavy atom. The molecule has 26 heavy (non-hydrogen) atoms. The number of rotatable bonds is 6. The molecule has 0 bridgehead atoms. The van der Waals surface area contributed by atoms with E-state index < -0.39 is 31.9 Å². The number of carbonyl (C=O) groups is 1. The maximum atomic E-state index is 12.5. The van der Waals surface area contributed by atoms with Gasteiger partial charge in [-0.15, -0.1) is 0 Å². The summed E-state index contributed by atoms with van der Waals surface area (Å²) in [5.74, 6) is -0.633. The number of sulfone groups is 1. The van der Waals surface area contributed by atoms with E-state index in [-0.39, 0.29) is 15.4 Å². The zero-order chi connectivity index (χ0) is 19.5. The number of hydrogen-bond donors (Lipinski definition) is 1. The Labute approximate surface area is 153 Å². The molecule has 140 valence electrons. The fraction of sp³-hybridized carbons (Fsp3) is 0.235. The van der Waals surface area contributed by atoms with Crippen molar-refractivity contribution in [2.45, 2.75) is 22.8 Å². The van der Waals surface area contributed by atoms with Gasteiger partial charge in [0.2, 0.25) is 10.0 Å². The molecule has 0 spiro atoms. The van der Waals surface area contributed by atoms with Crippen LogP contribution in [-0.4, -0.2) is 36.2 Å². The minimum absolute atomic E-state index is 0.0694.